The Morgan fingerprint density at radius 3 is 3.00 bits per heavy atom. The molecule has 19 heavy (non-hydrogen) atoms. The molecule has 3 nitrogen and oxygen atoms in total. The van der Waals surface area contributed by atoms with Crippen LogP contribution in [0, 0.1) is 18.7 Å². The Kier molecular flexibility index (Phi) is 4.53. The molecule has 1 aliphatic heterocycles. The van der Waals surface area contributed by atoms with Crippen LogP contribution in [-0.4, -0.2) is 23.9 Å². The fourth-order valence-corrected chi connectivity index (χ4v) is 2.82. The number of amides is 1. The highest BCUT2D eigenvalue weighted by atomic mass is 19.1. The van der Waals surface area contributed by atoms with Gasteiger partial charge in [-0.3, -0.25) is 9.69 Å². The Labute approximate surface area is 113 Å². The molecular formula is C15H21FN2O. The number of likely N-dealkylation sites (tertiary alicyclic amines) is 1. The highest BCUT2D eigenvalue weighted by molar-refractivity contribution is 5.74. The van der Waals surface area contributed by atoms with E-state index in [1.807, 2.05) is 13.0 Å². The van der Waals surface area contributed by atoms with E-state index in [4.69, 9.17) is 5.73 Å². The number of piperidine rings is 1. The van der Waals surface area contributed by atoms with Crippen molar-refractivity contribution >= 4 is 5.91 Å². The van der Waals surface area contributed by atoms with Crippen LogP contribution in [0.25, 0.3) is 0 Å². The predicted molar refractivity (Wildman–Crippen MR) is 72.9 cm³/mol. The molecule has 0 aliphatic carbocycles. The van der Waals surface area contributed by atoms with Gasteiger partial charge in [-0.15, -0.1) is 0 Å². The van der Waals surface area contributed by atoms with E-state index in [1.54, 1.807) is 6.07 Å². The first-order valence-electron chi connectivity index (χ1n) is 6.80. The number of aryl methyl sites for hydroxylation is 1. The third-order valence-corrected chi connectivity index (χ3v) is 3.79. The molecular weight excluding hydrogens is 243 g/mol. The summed E-state index contributed by atoms with van der Waals surface area (Å²) in [7, 11) is 0. The molecule has 0 saturated carbocycles. The van der Waals surface area contributed by atoms with Gasteiger partial charge in [0, 0.05) is 19.5 Å². The summed E-state index contributed by atoms with van der Waals surface area (Å²) in [4.78, 5) is 13.3. The van der Waals surface area contributed by atoms with Crippen LogP contribution < -0.4 is 5.73 Å². The molecule has 0 unspecified atom stereocenters. The van der Waals surface area contributed by atoms with Crippen LogP contribution in [0.1, 0.15) is 30.4 Å². The minimum Gasteiger partial charge on any atom is -0.370 e. The second-order valence-electron chi connectivity index (χ2n) is 5.48. The lowest BCUT2D eigenvalue weighted by Crippen LogP contribution is -2.36. The van der Waals surface area contributed by atoms with Crippen molar-refractivity contribution in [3.8, 4) is 0 Å². The quantitative estimate of drug-likeness (QED) is 0.906. The molecule has 1 heterocycles. The molecule has 1 aromatic rings. The van der Waals surface area contributed by atoms with E-state index in [9.17, 15) is 9.18 Å². The van der Waals surface area contributed by atoms with E-state index in [0.29, 0.717) is 12.3 Å². The molecule has 2 N–H and O–H groups in total. The summed E-state index contributed by atoms with van der Waals surface area (Å²) >= 11 is 0. The number of hydrogen-bond donors (Lipinski definition) is 1. The minimum absolute atomic E-state index is 0.188. The predicted octanol–water partition coefficient (Wildman–Crippen LogP) is 2.22. The summed E-state index contributed by atoms with van der Waals surface area (Å²) in [5.41, 5.74) is 7.40. The lowest BCUT2D eigenvalue weighted by molar-refractivity contribution is -0.119. The normalized spacial score (nSPS) is 20.4. The van der Waals surface area contributed by atoms with Crippen LogP contribution in [0.15, 0.2) is 18.2 Å². The van der Waals surface area contributed by atoms with E-state index >= 15 is 0 Å². The molecule has 0 spiro atoms. The summed E-state index contributed by atoms with van der Waals surface area (Å²) in [6, 6.07) is 4.93. The van der Waals surface area contributed by atoms with Gasteiger partial charge >= 0.3 is 0 Å². The summed E-state index contributed by atoms with van der Waals surface area (Å²) in [6.45, 7) is 4.69. The molecule has 1 saturated heterocycles. The van der Waals surface area contributed by atoms with Crippen molar-refractivity contribution in [2.24, 2.45) is 11.7 Å². The summed E-state index contributed by atoms with van der Waals surface area (Å²) < 4.78 is 13.1. The number of rotatable bonds is 4. The molecule has 1 aliphatic rings. The lowest BCUT2D eigenvalue weighted by Gasteiger charge is -2.32. The maximum absolute atomic E-state index is 13.1. The van der Waals surface area contributed by atoms with Crippen LogP contribution in [0.3, 0.4) is 0 Å². The van der Waals surface area contributed by atoms with E-state index in [-0.39, 0.29) is 11.7 Å². The maximum atomic E-state index is 13.1. The van der Waals surface area contributed by atoms with Gasteiger partial charge in [0.05, 0.1) is 0 Å². The molecule has 104 valence electrons. The number of nitrogens with two attached hydrogens (primary N) is 1. The fourth-order valence-electron chi connectivity index (χ4n) is 2.82. The third kappa shape index (κ3) is 4.03. The Hall–Kier alpha value is -1.42. The molecule has 0 radical (unpaired) electrons. The van der Waals surface area contributed by atoms with Crippen LogP contribution >= 0.6 is 0 Å². The smallest absolute Gasteiger partial charge is 0.217 e. The van der Waals surface area contributed by atoms with Gasteiger partial charge in [-0.25, -0.2) is 4.39 Å². The van der Waals surface area contributed by atoms with E-state index in [0.717, 1.165) is 43.6 Å². The molecule has 1 aromatic carbocycles. The van der Waals surface area contributed by atoms with Crippen molar-refractivity contribution in [2.75, 3.05) is 13.1 Å². The molecule has 0 bridgehead atoms. The second kappa shape index (κ2) is 6.15. The molecule has 1 fully saturated rings. The van der Waals surface area contributed by atoms with Crippen molar-refractivity contribution in [3.05, 3.63) is 35.1 Å². The van der Waals surface area contributed by atoms with Crippen LogP contribution in [-0.2, 0) is 11.3 Å². The van der Waals surface area contributed by atoms with E-state index < -0.39 is 0 Å². The minimum atomic E-state index is -0.218. The Balaban J connectivity index is 1.96. The number of hydrogen-bond acceptors (Lipinski definition) is 2. The zero-order valence-electron chi connectivity index (χ0n) is 11.4. The monoisotopic (exact) mass is 264 g/mol. The molecule has 4 heteroatoms. The van der Waals surface area contributed by atoms with E-state index in [2.05, 4.69) is 4.90 Å². The molecule has 1 amide bonds. The Morgan fingerprint density at radius 1 is 1.53 bits per heavy atom. The van der Waals surface area contributed by atoms with Gasteiger partial charge in [0.2, 0.25) is 5.91 Å². The van der Waals surface area contributed by atoms with Crippen molar-refractivity contribution in [1.82, 2.24) is 4.90 Å². The van der Waals surface area contributed by atoms with Gasteiger partial charge in [-0.05, 0) is 55.5 Å². The SMILES string of the molecule is Cc1cc(F)ccc1CN1CCC[C@H](CC(N)=O)C1. The first-order chi connectivity index (χ1) is 9.04. The lowest BCUT2D eigenvalue weighted by atomic mass is 9.94. The van der Waals surface area contributed by atoms with Crippen LogP contribution in [0.5, 0.6) is 0 Å². The first kappa shape index (κ1) is 14.0. The zero-order chi connectivity index (χ0) is 13.8. The van der Waals surface area contributed by atoms with Gasteiger partial charge in [0.25, 0.3) is 0 Å². The number of nitrogens with zero attached hydrogens (tertiary/aromatic N) is 1. The standard InChI is InChI=1S/C15H21FN2O/c1-11-7-14(16)5-4-13(11)10-18-6-2-3-12(9-18)8-15(17)19/h4-5,7,12H,2-3,6,8-10H2,1H3,(H2,17,19)/t12-/m1/s1. The third-order valence-electron chi connectivity index (χ3n) is 3.79. The largest absolute Gasteiger partial charge is 0.370 e. The van der Waals surface area contributed by atoms with Gasteiger partial charge in [-0.1, -0.05) is 6.07 Å². The topological polar surface area (TPSA) is 46.3 Å². The summed E-state index contributed by atoms with van der Waals surface area (Å²) in [5, 5.41) is 0. The Morgan fingerprint density at radius 2 is 2.32 bits per heavy atom. The van der Waals surface area contributed by atoms with Gasteiger partial charge in [-0.2, -0.15) is 0 Å². The number of carbonyl (C=O) groups is 1. The summed E-state index contributed by atoms with van der Waals surface area (Å²) in [6.07, 6.45) is 2.64. The second-order valence-corrected chi connectivity index (χ2v) is 5.48. The van der Waals surface area contributed by atoms with Gasteiger partial charge < -0.3 is 5.73 Å². The summed E-state index contributed by atoms with van der Waals surface area (Å²) in [5.74, 6) is -0.0386. The highest BCUT2D eigenvalue weighted by Gasteiger charge is 2.21. The average molecular weight is 264 g/mol. The molecule has 2 rings (SSSR count). The molecule has 0 aromatic heterocycles. The van der Waals surface area contributed by atoms with Gasteiger partial charge in [0.15, 0.2) is 0 Å². The van der Waals surface area contributed by atoms with Crippen LogP contribution in [0.4, 0.5) is 4.39 Å². The number of carbonyl (C=O) groups excluding carboxylic acids is 1. The number of benzene rings is 1. The average Bonchev–Trinajstić information content (AvgIpc) is 2.32. The highest BCUT2D eigenvalue weighted by Crippen LogP contribution is 2.22. The first-order valence-corrected chi connectivity index (χ1v) is 6.80. The Bertz CT molecular complexity index is 461. The van der Waals surface area contributed by atoms with Crippen LogP contribution in [0.2, 0.25) is 0 Å². The van der Waals surface area contributed by atoms with Gasteiger partial charge in [0.1, 0.15) is 5.82 Å². The zero-order valence-corrected chi connectivity index (χ0v) is 11.4. The number of halogens is 1. The maximum Gasteiger partial charge on any atom is 0.217 e. The van der Waals surface area contributed by atoms with E-state index in [1.165, 1.54) is 6.07 Å². The van der Waals surface area contributed by atoms with Crippen molar-refractivity contribution in [1.29, 1.82) is 0 Å². The fraction of sp³-hybridized carbons (Fsp3) is 0.533. The van der Waals surface area contributed by atoms with Crippen molar-refractivity contribution < 1.29 is 9.18 Å². The molecule has 1 atom stereocenters. The van der Waals surface area contributed by atoms with Crippen molar-refractivity contribution in [2.45, 2.75) is 32.7 Å². The van der Waals surface area contributed by atoms with Crippen molar-refractivity contribution in [3.63, 3.8) is 0 Å². The number of primary amides is 1.